The summed E-state index contributed by atoms with van der Waals surface area (Å²) in [7, 11) is 0. The third-order valence-electron chi connectivity index (χ3n) is 4.15. The molecule has 110 valence electrons. The summed E-state index contributed by atoms with van der Waals surface area (Å²) in [6.45, 7) is 10.5. The van der Waals surface area contributed by atoms with Crippen molar-refractivity contribution in [1.29, 1.82) is 0 Å². The molecule has 1 aliphatic rings. The summed E-state index contributed by atoms with van der Waals surface area (Å²) in [5.74, 6) is 0.150. The van der Waals surface area contributed by atoms with E-state index in [-0.39, 0.29) is 29.6 Å². The van der Waals surface area contributed by atoms with E-state index in [2.05, 4.69) is 33.0 Å². The van der Waals surface area contributed by atoms with Crippen molar-refractivity contribution >= 4 is 17.5 Å². The highest BCUT2D eigenvalue weighted by Gasteiger charge is 2.42. The van der Waals surface area contributed by atoms with Gasteiger partial charge in [0, 0.05) is 11.1 Å². The minimum atomic E-state index is -0.163. The van der Waals surface area contributed by atoms with Crippen molar-refractivity contribution in [1.82, 2.24) is 10.2 Å². The van der Waals surface area contributed by atoms with E-state index in [1.807, 2.05) is 36.1 Å². The summed E-state index contributed by atoms with van der Waals surface area (Å²) in [5.41, 5.74) is 1.06. The third kappa shape index (κ3) is 2.84. The van der Waals surface area contributed by atoms with Crippen LogP contribution in [-0.2, 0) is 4.79 Å². The predicted octanol–water partition coefficient (Wildman–Crippen LogP) is 3.59. The van der Waals surface area contributed by atoms with Crippen LogP contribution in [0.25, 0.3) is 0 Å². The number of nitrogens with one attached hydrogen (secondary N) is 1. The fourth-order valence-electron chi connectivity index (χ4n) is 2.50. The highest BCUT2D eigenvalue weighted by Crippen LogP contribution is 2.34. The minimum Gasteiger partial charge on any atom is -0.318 e. The molecule has 1 aromatic rings. The summed E-state index contributed by atoms with van der Waals surface area (Å²) in [6, 6.07) is 7.68. The molecule has 1 saturated heterocycles. The summed E-state index contributed by atoms with van der Waals surface area (Å²) in [5, 5.41) is 4.06. The number of hydrogen-bond donors (Lipinski definition) is 1. The lowest BCUT2D eigenvalue weighted by molar-refractivity contribution is -0.134. The van der Waals surface area contributed by atoms with Gasteiger partial charge in [-0.1, -0.05) is 44.5 Å². The minimum absolute atomic E-state index is 0.0260. The van der Waals surface area contributed by atoms with Crippen LogP contribution < -0.4 is 5.32 Å². The Morgan fingerprint density at radius 3 is 2.55 bits per heavy atom. The Morgan fingerprint density at radius 2 is 2.00 bits per heavy atom. The van der Waals surface area contributed by atoms with Gasteiger partial charge in [-0.15, -0.1) is 0 Å². The van der Waals surface area contributed by atoms with Crippen molar-refractivity contribution in [3.63, 3.8) is 0 Å². The zero-order chi connectivity index (χ0) is 15.1. The van der Waals surface area contributed by atoms with Crippen LogP contribution in [0.3, 0.4) is 0 Å². The quantitative estimate of drug-likeness (QED) is 0.904. The van der Waals surface area contributed by atoms with Crippen LogP contribution in [0.2, 0.25) is 5.02 Å². The number of carbonyl (C=O) groups is 1. The fraction of sp³-hybridized carbons (Fsp3) is 0.562. The van der Waals surface area contributed by atoms with Crippen LogP contribution in [-0.4, -0.2) is 22.9 Å². The number of nitrogens with zero attached hydrogens (tertiary/aromatic N) is 1. The van der Waals surface area contributed by atoms with Gasteiger partial charge >= 0.3 is 0 Å². The highest BCUT2D eigenvalue weighted by molar-refractivity contribution is 6.30. The van der Waals surface area contributed by atoms with Gasteiger partial charge in [-0.2, -0.15) is 0 Å². The van der Waals surface area contributed by atoms with E-state index in [1.165, 1.54) is 0 Å². The smallest absolute Gasteiger partial charge is 0.241 e. The Labute approximate surface area is 126 Å². The average Bonchev–Trinajstić information content (AvgIpc) is 2.64. The van der Waals surface area contributed by atoms with Crippen molar-refractivity contribution in [2.45, 2.75) is 52.9 Å². The molecule has 20 heavy (non-hydrogen) atoms. The summed E-state index contributed by atoms with van der Waals surface area (Å²) in [4.78, 5) is 14.4. The molecule has 4 heteroatoms. The van der Waals surface area contributed by atoms with Crippen molar-refractivity contribution in [3.8, 4) is 0 Å². The fourth-order valence-corrected chi connectivity index (χ4v) is 2.70. The second-order valence-corrected chi connectivity index (χ2v) is 7.07. The van der Waals surface area contributed by atoms with E-state index < -0.39 is 0 Å². The van der Waals surface area contributed by atoms with Gasteiger partial charge in [0.25, 0.3) is 0 Å². The molecule has 1 aromatic carbocycles. The van der Waals surface area contributed by atoms with E-state index in [0.717, 1.165) is 5.56 Å². The van der Waals surface area contributed by atoms with E-state index in [1.54, 1.807) is 0 Å². The van der Waals surface area contributed by atoms with Gasteiger partial charge in [0.2, 0.25) is 5.91 Å². The summed E-state index contributed by atoms with van der Waals surface area (Å²) >= 11 is 6.08. The van der Waals surface area contributed by atoms with Crippen LogP contribution in [0.4, 0.5) is 0 Å². The monoisotopic (exact) mass is 294 g/mol. The molecular weight excluding hydrogens is 272 g/mol. The van der Waals surface area contributed by atoms with Gasteiger partial charge in [-0.05, 0) is 37.0 Å². The zero-order valence-electron chi connectivity index (χ0n) is 12.8. The van der Waals surface area contributed by atoms with Gasteiger partial charge in [0.1, 0.15) is 6.17 Å². The molecule has 1 N–H and O–H groups in total. The largest absolute Gasteiger partial charge is 0.318 e. The molecule has 1 fully saturated rings. The Morgan fingerprint density at radius 1 is 1.35 bits per heavy atom. The van der Waals surface area contributed by atoms with E-state index >= 15 is 0 Å². The maximum absolute atomic E-state index is 12.5. The van der Waals surface area contributed by atoms with Crippen molar-refractivity contribution < 1.29 is 4.79 Å². The number of carbonyl (C=O) groups excluding carboxylic acids is 1. The molecule has 0 spiro atoms. The van der Waals surface area contributed by atoms with E-state index in [9.17, 15) is 4.79 Å². The zero-order valence-corrected chi connectivity index (χ0v) is 13.5. The Bertz CT molecular complexity index is 509. The number of amides is 1. The molecule has 1 aliphatic heterocycles. The molecule has 3 unspecified atom stereocenters. The van der Waals surface area contributed by atoms with Gasteiger partial charge in [-0.3, -0.25) is 10.1 Å². The predicted molar refractivity (Wildman–Crippen MR) is 82.6 cm³/mol. The number of halogens is 1. The van der Waals surface area contributed by atoms with E-state index in [4.69, 9.17) is 11.6 Å². The second kappa shape index (κ2) is 5.38. The Hall–Kier alpha value is -1.06. The molecule has 1 heterocycles. The molecule has 3 nitrogen and oxygen atoms in total. The van der Waals surface area contributed by atoms with Gasteiger partial charge < -0.3 is 4.90 Å². The summed E-state index contributed by atoms with van der Waals surface area (Å²) < 4.78 is 0. The number of rotatable bonds is 2. The first kappa shape index (κ1) is 15.3. The molecule has 0 radical (unpaired) electrons. The molecule has 0 aromatic heterocycles. The maximum atomic E-state index is 12.5. The number of benzene rings is 1. The first-order valence-corrected chi connectivity index (χ1v) is 7.43. The number of hydrogen-bond acceptors (Lipinski definition) is 2. The standard InChI is InChI=1S/C16H23ClN2O/c1-10-15(20)19(11(2)16(3,4)5)14(18-10)12-7-6-8-13(17)9-12/h6-11,14,18H,1-5H3. The van der Waals surface area contributed by atoms with Crippen molar-refractivity contribution in [3.05, 3.63) is 34.9 Å². The lowest BCUT2D eigenvalue weighted by Crippen LogP contribution is -2.45. The summed E-state index contributed by atoms with van der Waals surface area (Å²) in [6.07, 6.45) is -0.106. The molecule has 0 saturated carbocycles. The second-order valence-electron chi connectivity index (χ2n) is 6.63. The van der Waals surface area contributed by atoms with E-state index in [0.29, 0.717) is 5.02 Å². The lowest BCUT2D eigenvalue weighted by Gasteiger charge is -2.38. The van der Waals surface area contributed by atoms with Crippen molar-refractivity contribution in [2.75, 3.05) is 0 Å². The molecule has 0 bridgehead atoms. The molecular formula is C16H23ClN2O. The van der Waals surface area contributed by atoms with Crippen LogP contribution in [0.15, 0.2) is 24.3 Å². The van der Waals surface area contributed by atoms with Crippen LogP contribution in [0.1, 0.15) is 46.3 Å². The van der Waals surface area contributed by atoms with Gasteiger partial charge in [0.05, 0.1) is 6.04 Å². The maximum Gasteiger partial charge on any atom is 0.241 e. The molecule has 2 rings (SSSR count). The first-order chi connectivity index (χ1) is 9.21. The molecule has 1 amide bonds. The topological polar surface area (TPSA) is 32.3 Å². The van der Waals surface area contributed by atoms with Gasteiger partial charge in [0.15, 0.2) is 0 Å². The highest BCUT2D eigenvalue weighted by atomic mass is 35.5. The average molecular weight is 295 g/mol. The van der Waals surface area contributed by atoms with Crippen LogP contribution >= 0.6 is 11.6 Å². The molecule has 3 atom stereocenters. The molecule has 0 aliphatic carbocycles. The van der Waals surface area contributed by atoms with Crippen LogP contribution in [0, 0.1) is 5.41 Å². The van der Waals surface area contributed by atoms with Gasteiger partial charge in [-0.25, -0.2) is 0 Å². The SMILES string of the molecule is CC1NC(c2cccc(Cl)c2)N(C(C)C(C)(C)C)C1=O. The van der Waals surface area contributed by atoms with Crippen molar-refractivity contribution in [2.24, 2.45) is 5.41 Å². The van der Waals surface area contributed by atoms with Crippen LogP contribution in [0.5, 0.6) is 0 Å². The third-order valence-corrected chi connectivity index (χ3v) is 4.38. The Balaban J connectivity index is 2.38. The Kier molecular flexibility index (Phi) is 4.12. The lowest BCUT2D eigenvalue weighted by atomic mass is 9.86. The normalized spacial score (nSPS) is 25.1. The first-order valence-electron chi connectivity index (χ1n) is 7.05.